The number of hydrogen-bond donors (Lipinski definition) is 1. The lowest BCUT2D eigenvalue weighted by atomic mass is 10.1. The van der Waals surface area contributed by atoms with Crippen molar-refractivity contribution in [3.05, 3.63) is 57.6 Å². The van der Waals surface area contributed by atoms with Crippen LogP contribution in [0.3, 0.4) is 0 Å². The predicted molar refractivity (Wildman–Crippen MR) is 110 cm³/mol. The Morgan fingerprint density at radius 1 is 1.14 bits per heavy atom. The fraction of sp³-hybridized carbons (Fsp3) is 0.381. The third-order valence-electron chi connectivity index (χ3n) is 5.13. The van der Waals surface area contributed by atoms with E-state index in [1.165, 1.54) is 6.07 Å². The lowest BCUT2D eigenvalue weighted by molar-refractivity contribution is -0.384. The van der Waals surface area contributed by atoms with Crippen LogP contribution >= 0.6 is 0 Å². The summed E-state index contributed by atoms with van der Waals surface area (Å²) in [6, 6.07) is 9.59. The highest BCUT2D eigenvalue weighted by molar-refractivity contribution is 5.96. The molecule has 2 aromatic rings. The number of rotatable bonds is 7. The number of hydrogen-bond acceptors (Lipinski definition) is 6. The van der Waals surface area contributed by atoms with Gasteiger partial charge in [-0.2, -0.15) is 0 Å². The van der Waals surface area contributed by atoms with Crippen molar-refractivity contribution in [3.8, 4) is 11.5 Å². The number of ether oxygens (including phenoxy) is 2. The maximum absolute atomic E-state index is 12.8. The van der Waals surface area contributed by atoms with E-state index in [2.05, 4.69) is 5.32 Å². The van der Waals surface area contributed by atoms with Crippen molar-refractivity contribution < 1.29 is 19.2 Å². The molecule has 0 saturated carbocycles. The van der Waals surface area contributed by atoms with Crippen molar-refractivity contribution in [2.24, 2.45) is 0 Å². The van der Waals surface area contributed by atoms with E-state index in [9.17, 15) is 14.9 Å². The Balaban J connectivity index is 1.83. The maximum Gasteiger partial charge on any atom is 0.293 e. The van der Waals surface area contributed by atoms with Crippen LogP contribution < -0.4 is 19.7 Å². The number of nitro benzene ring substituents is 1. The van der Waals surface area contributed by atoms with Gasteiger partial charge in [-0.25, -0.2) is 0 Å². The standard InChI is InChI=1S/C21H25N3O5/c1-14(17-13-16(28-2)7-9-20(17)29-3)22-21(25)15-6-8-18(19(12-15)24(26)27)23-10-4-5-11-23/h6-9,12-14H,4-5,10-11H2,1-3H3,(H,22,25). The van der Waals surface area contributed by atoms with Crippen LogP contribution in [0.25, 0.3) is 0 Å². The van der Waals surface area contributed by atoms with Gasteiger partial charge >= 0.3 is 0 Å². The summed E-state index contributed by atoms with van der Waals surface area (Å²) in [6.45, 7) is 3.40. The van der Waals surface area contributed by atoms with E-state index in [0.717, 1.165) is 31.5 Å². The van der Waals surface area contributed by atoms with Crippen molar-refractivity contribution >= 4 is 17.3 Å². The molecular formula is C21H25N3O5. The van der Waals surface area contributed by atoms with Gasteiger partial charge in [-0.1, -0.05) is 0 Å². The molecule has 0 bridgehead atoms. The molecular weight excluding hydrogens is 374 g/mol. The van der Waals surface area contributed by atoms with E-state index in [4.69, 9.17) is 9.47 Å². The summed E-state index contributed by atoms with van der Waals surface area (Å²) in [5.41, 5.74) is 1.51. The summed E-state index contributed by atoms with van der Waals surface area (Å²) in [5.74, 6) is 0.875. The van der Waals surface area contributed by atoms with E-state index in [0.29, 0.717) is 17.2 Å². The normalized spacial score (nSPS) is 14.4. The number of methoxy groups -OCH3 is 2. The SMILES string of the molecule is COc1ccc(OC)c(C(C)NC(=O)c2ccc(N3CCCC3)c([N+](=O)[O-])c2)c1. The molecule has 1 atom stereocenters. The number of nitrogens with zero attached hydrogens (tertiary/aromatic N) is 2. The highest BCUT2D eigenvalue weighted by Gasteiger charge is 2.24. The molecule has 0 aromatic heterocycles. The minimum Gasteiger partial charge on any atom is -0.497 e. The van der Waals surface area contributed by atoms with Gasteiger partial charge in [-0.05, 0) is 50.1 Å². The topological polar surface area (TPSA) is 93.9 Å². The Morgan fingerprint density at radius 3 is 2.48 bits per heavy atom. The molecule has 8 heteroatoms. The molecule has 0 radical (unpaired) electrons. The summed E-state index contributed by atoms with van der Waals surface area (Å²) in [7, 11) is 3.12. The zero-order valence-corrected chi connectivity index (χ0v) is 16.8. The van der Waals surface area contributed by atoms with Crippen LogP contribution in [-0.4, -0.2) is 38.1 Å². The summed E-state index contributed by atoms with van der Waals surface area (Å²) < 4.78 is 10.6. The highest BCUT2D eigenvalue weighted by Crippen LogP contribution is 2.33. The first-order valence-electron chi connectivity index (χ1n) is 9.50. The van der Waals surface area contributed by atoms with Gasteiger partial charge in [-0.15, -0.1) is 0 Å². The third kappa shape index (κ3) is 4.42. The molecule has 1 amide bonds. The Morgan fingerprint density at radius 2 is 1.86 bits per heavy atom. The first kappa shape index (κ1) is 20.4. The number of anilines is 1. The van der Waals surface area contributed by atoms with Crippen molar-refractivity contribution in [3.63, 3.8) is 0 Å². The third-order valence-corrected chi connectivity index (χ3v) is 5.13. The van der Waals surface area contributed by atoms with Crippen LogP contribution in [0, 0.1) is 10.1 Å². The molecule has 1 unspecified atom stereocenters. The molecule has 0 spiro atoms. The van der Waals surface area contributed by atoms with Crippen molar-refractivity contribution in [2.45, 2.75) is 25.8 Å². The summed E-state index contributed by atoms with van der Waals surface area (Å²) >= 11 is 0. The molecule has 2 aromatic carbocycles. The molecule has 1 aliphatic rings. The number of nitro groups is 1. The van der Waals surface area contributed by atoms with E-state index in [1.54, 1.807) is 44.6 Å². The smallest absolute Gasteiger partial charge is 0.293 e. The van der Waals surface area contributed by atoms with Gasteiger partial charge in [0.1, 0.15) is 17.2 Å². The summed E-state index contributed by atoms with van der Waals surface area (Å²) in [6.07, 6.45) is 2.03. The van der Waals surface area contributed by atoms with Gasteiger partial charge in [0, 0.05) is 30.3 Å². The Bertz CT molecular complexity index is 909. The fourth-order valence-electron chi connectivity index (χ4n) is 3.57. The lowest BCUT2D eigenvalue weighted by Gasteiger charge is -2.20. The first-order valence-corrected chi connectivity index (χ1v) is 9.50. The molecule has 154 valence electrons. The van der Waals surface area contributed by atoms with Gasteiger partial charge in [0.25, 0.3) is 11.6 Å². The van der Waals surface area contributed by atoms with E-state index < -0.39 is 10.8 Å². The quantitative estimate of drug-likeness (QED) is 0.564. The minimum absolute atomic E-state index is 0.0498. The van der Waals surface area contributed by atoms with Gasteiger partial charge in [-0.3, -0.25) is 14.9 Å². The molecule has 29 heavy (non-hydrogen) atoms. The van der Waals surface area contributed by atoms with Crippen LogP contribution in [0.4, 0.5) is 11.4 Å². The Kier molecular flexibility index (Phi) is 6.21. The van der Waals surface area contributed by atoms with Crippen LogP contribution in [-0.2, 0) is 0 Å². The van der Waals surface area contributed by atoms with Crippen LogP contribution in [0.1, 0.15) is 41.7 Å². The molecule has 1 saturated heterocycles. The summed E-state index contributed by atoms with van der Waals surface area (Å²) in [5, 5.41) is 14.5. The molecule has 3 rings (SSSR count). The van der Waals surface area contributed by atoms with E-state index in [1.807, 2.05) is 11.8 Å². The number of carbonyl (C=O) groups is 1. The highest BCUT2D eigenvalue weighted by atomic mass is 16.6. The fourth-order valence-corrected chi connectivity index (χ4v) is 3.57. The molecule has 1 fully saturated rings. The van der Waals surface area contributed by atoms with Gasteiger partial charge < -0.3 is 19.7 Å². The number of carbonyl (C=O) groups excluding carboxylic acids is 1. The van der Waals surface area contributed by atoms with Crippen LogP contribution in [0.15, 0.2) is 36.4 Å². The summed E-state index contributed by atoms with van der Waals surface area (Å²) in [4.78, 5) is 25.9. The largest absolute Gasteiger partial charge is 0.497 e. The zero-order valence-electron chi connectivity index (χ0n) is 16.8. The van der Waals surface area contributed by atoms with E-state index in [-0.39, 0.29) is 17.3 Å². The molecule has 1 aliphatic heterocycles. The number of amides is 1. The second kappa shape index (κ2) is 8.81. The predicted octanol–water partition coefficient (Wildman–Crippen LogP) is 3.70. The molecule has 8 nitrogen and oxygen atoms in total. The van der Waals surface area contributed by atoms with Crippen LogP contribution in [0.2, 0.25) is 0 Å². The van der Waals surface area contributed by atoms with Gasteiger partial charge in [0.2, 0.25) is 0 Å². The van der Waals surface area contributed by atoms with Crippen molar-refractivity contribution in [1.82, 2.24) is 5.32 Å². The number of nitrogens with one attached hydrogen (secondary N) is 1. The zero-order chi connectivity index (χ0) is 21.0. The van der Waals surface area contributed by atoms with Gasteiger partial charge in [0.15, 0.2) is 0 Å². The lowest BCUT2D eigenvalue weighted by Crippen LogP contribution is -2.27. The van der Waals surface area contributed by atoms with Crippen molar-refractivity contribution in [2.75, 3.05) is 32.2 Å². The minimum atomic E-state index is -0.432. The molecule has 1 N–H and O–H groups in total. The Labute approximate surface area is 169 Å². The Hall–Kier alpha value is -3.29. The average molecular weight is 399 g/mol. The average Bonchev–Trinajstić information content (AvgIpc) is 3.27. The second-order valence-corrected chi connectivity index (χ2v) is 6.96. The molecule has 1 heterocycles. The first-order chi connectivity index (χ1) is 13.9. The van der Waals surface area contributed by atoms with Gasteiger partial charge in [0.05, 0.1) is 25.2 Å². The van der Waals surface area contributed by atoms with Crippen LogP contribution in [0.5, 0.6) is 11.5 Å². The van der Waals surface area contributed by atoms with E-state index >= 15 is 0 Å². The monoisotopic (exact) mass is 399 g/mol. The second-order valence-electron chi connectivity index (χ2n) is 6.96. The number of benzene rings is 2. The molecule has 0 aliphatic carbocycles. The van der Waals surface area contributed by atoms with Crippen molar-refractivity contribution in [1.29, 1.82) is 0 Å². The maximum atomic E-state index is 12.8.